The lowest BCUT2D eigenvalue weighted by molar-refractivity contribution is 1.14. The van der Waals surface area contributed by atoms with Gasteiger partial charge in [-0.2, -0.15) is 0 Å². The number of hydrogen-bond donors (Lipinski definition) is 1. The summed E-state index contributed by atoms with van der Waals surface area (Å²) in [5, 5.41) is 0.910. The molecule has 76 valence electrons. The molecular formula is C11H9BrN2S. The Morgan fingerprint density at radius 3 is 2.67 bits per heavy atom. The van der Waals surface area contributed by atoms with Crippen molar-refractivity contribution in [2.75, 3.05) is 5.73 Å². The van der Waals surface area contributed by atoms with E-state index in [-0.39, 0.29) is 0 Å². The molecule has 4 heteroatoms. The number of pyridine rings is 1. The van der Waals surface area contributed by atoms with Crippen molar-refractivity contribution in [1.29, 1.82) is 0 Å². The van der Waals surface area contributed by atoms with Crippen molar-refractivity contribution in [2.24, 2.45) is 0 Å². The van der Waals surface area contributed by atoms with Crippen LogP contribution in [0, 0.1) is 0 Å². The van der Waals surface area contributed by atoms with Crippen molar-refractivity contribution < 1.29 is 0 Å². The highest BCUT2D eigenvalue weighted by atomic mass is 79.9. The molecule has 0 amide bonds. The van der Waals surface area contributed by atoms with E-state index in [0.29, 0.717) is 5.82 Å². The van der Waals surface area contributed by atoms with Gasteiger partial charge >= 0.3 is 0 Å². The molecule has 2 rings (SSSR count). The number of nitrogens with two attached hydrogens (primary N) is 1. The molecule has 2 aromatic rings. The third kappa shape index (κ3) is 2.97. The molecule has 0 radical (unpaired) electrons. The molecule has 0 spiro atoms. The van der Waals surface area contributed by atoms with Crippen LogP contribution in [0.2, 0.25) is 0 Å². The second-order valence-electron chi connectivity index (χ2n) is 2.96. The van der Waals surface area contributed by atoms with Gasteiger partial charge in [0, 0.05) is 9.37 Å². The topological polar surface area (TPSA) is 38.9 Å². The van der Waals surface area contributed by atoms with Gasteiger partial charge in [-0.15, -0.1) is 0 Å². The van der Waals surface area contributed by atoms with E-state index >= 15 is 0 Å². The third-order valence-electron chi connectivity index (χ3n) is 1.76. The van der Waals surface area contributed by atoms with E-state index in [1.54, 1.807) is 17.8 Å². The summed E-state index contributed by atoms with van der Waals surface area (Å²) < 4.78 is 1.07. The SMILES string of the molecule is Nc1cccc(Sc2cccc(Br)c2)n1. The lowest BCUT2D eigenvalue weighted by atomic mass is 10.4. The van der Waals surface area contributed by atoms with Crippen LogP contribution in [0.5, 0.6) is 0 Å². The Bertz CT molecular complexity index is 430. The van der Waals surface area contributed by atoms with Gasteiger partial charge in [0.05, 0.1) is 0 Å². The van der Waals surface area contributed by atoms with Crippen molar-refractivity contribution in [1.82, 2.24) is 4.98 Å². The molecule has 0 bridgehead atoms. The molecular weight excluding hydrogens is 272 g/mol. The maximum Gasteiger partial charge on any atom is 0.124 e. The smallest absolute Gasteiger partial charge is 0.124 e. The quantitative estimate of drug-likeness (QED) is 0.914. The summed E-state index contributed by atoms with van der Waals surface area (Å²) in [6.07, 6.45) is 0. The van der Waals surface area contributed by atoms with Gasteiger partial charge < -0.3 is 5.73 Å². The van der Waals surface area contributed by atoms with Crippen LogP contribution in [0.25, 0.3) is 0 Å². The fourth-order valence-corrected chi connectivity index (χ4v) is 2.56. The van der Waals surface area contributed by atoms with Gasteiger partial charge in [0.15, 0.2) is 0 Å². The number of anilines is 1. The molecule has 1 aromatic carbocycles. The lowest BCUT2D eigenvalue weighted by Gasteiger charge is -2.01. The second kappa shape index (κ2) is 4.68. The first-order valence-electron chi connectivity index (χ1n) is 4.40. The van der Waals surface area contributed by atoms with Crippen LogP contribution >= 0.6 is 27.7 Å². The van der Waals surface area contributed by atoms with E-state index in [4.69, 9.17) is 5.73 Å². The van der Waals surface area contributed by atoms with E-state index < -0.39 is 0 Å². The van der Waals surface area contributed by atoms with Gasteiger partial charge in [-0.25, -0.2) is 4.98 Å². The largest absolute Gasteiger partial charge is 0.384 e. The zero-order valence-electron chi connectivity index (χ0n) is 7.85. The molecule has 0 saturated carbocycles. The Labute approximate surface area is 101 Å². The Morgan fingerprint density at radius 2 is 1.93 bits per heavy atom. The maximum atomic E-state index is 5.61. The van der Waals surface area contributed by atoms with Crippen molar-refractivity contribution in [2.45, 2.75) is 9.92 Å². The molecule has 0 fully saturated rings. The minimum absolute atomic E-state index is 0.551. The third-order valence-corrected chi connectivity index (χ3v) is 3.18. The zero-order chi connectivity index (χ0) is 10.7. The Hall–Kier alpha value is -1.00. The van der Waals surface area contributed by atoms with Gasteiger partial charge in [-0.3, -0.25) is 0 Å². The molecule has 0 aliphatic heterocycles. The summed E-state index contributed by atoms with van der Waals surface area (Å²) in [4.78, 5) is 5.36. The lowest BCUT2D eigenvalue weighted by Crippen LogP contribution is -1.89. The normalized spacial score (nSPS) is 10.2. The monoisotopic (exact) mass is 280 g/mol. The number of hydrogen-bond acceptors (Lipinski definition) is 3. The summed E-state index contributed by atoms with van der Waals surface area (Å²) in [6.45, 7) is 0. The summed E-state index contributed by atoms with van der Waals surface area (Å²) in [5.74, 6) is 0.551. The highest BCUT2D eigenvalue weighted by molar-refractivity contribution is 9.10. The molecule has 15 heavy (non-hydrogen) atoms. The summed E-state index contributed by atoms with van der Waals surface area (Å²) in [7, 11) is 0. The predicted molar refractivity (Wildman–Crippen MR) is 66.9 cm³/mol. The first-order valence-corrected chi connectivity index (χ1v) is 6.01. The Balaban J connectivity index is 2.22. The number of aromatic nitrogens is 1. The second-order valence-corrected chi connectivity index (χ2v) is 4.97. The summed E-state index contributed by atoms with van der Waals surface area (Å²) in [6, 6.07) is 13.7. The van der Waals surface area contributed by atoms with Gasteiger partial charge in [0.25, 0.3) is 0 Å². The number of nitrogen functional groups attached to an aromatic ring is 1. The van der Waals surface area contributed by atoms with Crippen molar-refractivity contribution in [3.8, 4) is 0 Å². The Morgan fingerprint density at radius 1 is 1.13 bits per heavy atom. The van der Waals surface area contributed by atoms with Crippen LogP contribution in [0.15, 0.2) is 56.9 Å². The molecule has 1 aromatic heterocycles. The molecule has 0 atom stereocenters. The van der Waals surface area contributed by atoms with Crippen LogP contribution in [0.1, 0.15) is 0 Å². The Kier molecular flexibility index (Phi) is 3.28. The fourth-order valence-electron chi connectivity index (χ4n) is 1.14. The van der Waals surface area contributed by atoms with E-state index in [9.17, 15) is 0 Å². The molecule has 0 aliphatic rings. The minimum Gasteiger partial charge on any atom is -0.384 e. The van der Waals surface area contributed by atoms with Gasteiger partial charge in [-0.05, 0) is 30.3 Å². The van der Waals surface area contributed by atoms with Gasteiger partial charge in [0.2, 0.25) is 0 Å². The van der Waals surface area contributed by atoms with Crippen LogP contribution in [-0.4, -0.2) is 4.98 Å². The van der Waals surface area contributed by atoms with Crippen LogP contribution < -0.4 is 5.73 Å². The van der Waals surface area contributed by atoms with Gasteiger partial charge in [-0.1, -0.05) is 39.8 Å². The minimum atomic E-state index is 0.551. The first kappa shape index (κ1) is 10.5. The summed E-state index contributed by atoms with van der Waals surface area (Å²) in [5.41, 5.74) is 5.61. The van der Waals surface area contributed by atoms with Crippen LogP contribution in [-0.2, 0) is 0 Å². The van der Waals surface area contributed by atoms with E-state index in [0.717, 1.165) is 14.4 Å². The molecule has 0 aliphatic carbocycles. The van der Waals surface area contributed by atoms with Gasteiger partial charge in [0.1, 0.15) is 10.8 Å². The zero-order valence-corrected chi connectivity index (χ0v) is 10.3. The van der Waals surface area contributed by atoms with Crippen molar-refractivity contribution >= 4 is 33.5 Å². The molecule has 2 nitrogen and oxygen atoms in total. The molecule has 1 heterocycles. The van der Waals surface area contributed by atoms with E-state index in [1.807, 2.05) is 30.3 Å². The molecule has 0 saturated heterocycles. The van der Waals surface area contributed by atoms with Crippen molar-refractivity contribution in [3.05, 3.63) is 46.9 Å². The number of benzene rings is 1. The average molecular weight is 281 g/mol. The van der Waals surface area contributed by atoms with E-state index in [1.165, 1.54) is 0 Å². The number of rotatable bonds is 2. The van der Waals surface area contributed by atoms with Crippen LogP contribution in [0.4, 0.5) is 5.82 Å². The number of nitrogens with zero attached hydrogens (tertiary/aromatic N) is 1. The standard InChI is InChI=1S/C11H9BrN2S/c12-8-3-1-4-9(7-8)15-11-6-2-5-10(13)14-11/h1-7H,(H2,13,14). The predicted octanol–water partition coefficient (Wildman–Crippen LogP) is 3.58. The molecule has 2 N–H and O–H groups in total. The average Bonchev–Trinajstić information content (AvgIpc) is 2.17. The van der Waals surface area contributed by atoms with E-state index in [2.05, 4.69) is 27.0 Å². The highest BCUT2D eigenvalue weighted by Gasteiger charge is 1.99. The number of halogens is 1. The molecule has 0 unspecified atom stereocenters. The van der Waals surface area contributed by atoms with Crippen molar-refractivity contribution in [3.63, 3.8) is 0 Å². The first-order chi connectivity index (χ1) is 7.24. The maximum absolute atomic E-state index is 5.61. The fraction of sp³-hybridized carbons (Fsp3) is 0. The summed E-state index contributed by atoms with van der Waals surface area (Å²) >= 11 is 5.03. The van der Waals surface area contributed by atoms with Crippen LogP contribution in [0.3, 0.4) is 0 Å². The highest BCUT2D eigenvalue weighted by Crippen LogP contribution is 2.28.